The van der Waals surface area contributed by atoms with E-state index in [9.17, 15) is 4.79 Å². The van der Waals surface area contributed by atoms with Gasteiger partial charge in [0, 0.05) is 43.4 Å². The van der Waals surface area contributed by atoms with Gasteiger partial charge in [0.1, 0.15) is 5.82 Å². The molecule has 0 radical (unpaired) electrons. The Balaban J connectivity index is 1.31. The van der Waals surface area contributed by atoms with E-state index in [0.29, 0.717) is 19.5 Å². The molecule has 1 fully saturated rings. The molecule has 1 aliphatic heterocycles. The topological polar surface area (TPSA) is 55.4 Å². The van der Waals surface area contributed by atoms with Gasteiger partial charge in [0.2, 0.25) is 5.91 Å². The second-order valence-electron chi connectivity index (χ2n) is 6.94. The first-order valence-electron chi connectivity index (χ1n) is 8.81. The van der Waals surface area contributed by atoms with Gasteiger partial charge in [-0.25, -0.2) is 0 Å². The molecule has 1 saturated heterocycles. The number of para-hydroxylation sites is 1. The van der Waals surface area contributed by atoms with Crippen LogP contribution in [-0.2, 0) is 18.3 Å². The van der Waals surface area contributed by atoms with Crippen LogP contribution in [0.25, 0.3) is 16.6 Å². The summed E-state index contributed by atoms with van der Waals surface area (Å²) >= 11 is 0. The summed E-state index contributed by atoms with van der Waals surface area (Å²) in [5.74, 6) is 1.37. The van der Waals surface area contributed by atoms with Gasteiger partial charge in [0.15, 0.2) is 5.65 Å². The lowest BCUT2D eigenvalue weighted by Crippen LogP contribution is -2.49. The number of carbonyl (C=O) groups is 1. The van der Waals surface area contributed by atoms with Gasteiger partial charge < -0.3 is 9.47 Å². The molecular weight excluding hydrogens is 326 g/mol. The van der Waals surface area contributed by atoms with Gasteiger partial charge >= 0.3 is 0 Å². The molecule has 1 aromatic carbocycles. The van der Waals surface area contributed by atoms with Crippen molar-refractivity contribution < 1.29 is 4.79 Å². The van der Waals surface area contributed by atoms with Crippen molar-refractivity contribution in [1.29, 1.82) is 0 Å². The van der Waals surface area contributed by atoms with Crippen LogP contribution in [0.4, 0.5) is 0 Å². The highest BCUT2D eigenvalue weighted by atomic mass is 16.2. The third kappa shape index (κ3) is 2.29. The molecule has 6 heteroatoms. The Morgan fingerprint density at radius 1 is 1.12 bits per heavy atom. The first kappa shape index (κ1) is 15.1. The fraction of sp³-hybridized carbons (Fsp3) is 0.250. The fourth-order valence-corrected chi connectivity index (χ4v) is 3.82. The van der Waals surface area contributed by atoms with Gasteiger partial charge in [0.25, 0.3) is 0 Å². The molecule has 4 aromatic rings. The fourth-order valence-electron chi connectivity index (χ4n) is 3.82. The number of rotatable bonds is 3. The van der Waals surface area contributed by atoms with Crippen LogP contribution in [0.15, 0.2) is 54.9 Å². The lowest BCUT2D eigenvalue weighted by atomic mass is 9.98. The highest BCUT2D eigenvalue weighted by molar-refractivity contribution is 5.89. The molecule has 0 bridgehead atoms. The van der Waals surface area contributed by atoms with Crippen LogP contribution in [0.2, 0.25) is 0 Å². The van der Waals surface area contributed by atoms with Crippen molar-refractivity contribution >= 4 is 22.5 Å². The predicted octanol–water partition coefficient (Wildman–Crippen LogP) is 2.39. The molecule has 0 saturated carbocycles. The Bertz CT molecular complexity index is 1120. The third-order valence-electron chi connectivity index (χ3n) is 5.26. The van der Waals surface area contributed by atoms with Crippen LogP contribution in [0, 0.1) is 0 Å². The van der Waals surface area contributed by atoms with E-state index in [4.69, 9.17) is 0 Å². The van der Waals surface area contributed by atoms with Crippen LogP contribution < -0.4 is 0 Å². The van der Waals surface area contributed by atoms with Crippen molar-refractivity contribution in [3.05, 3.63) is 66.2 Å². The quantitative estimate of drug-likeness (QED) is 0.573. The summed E-state index contributed by atoms with van der Waals surface area (Å²) in [6.45, 7) is 1.42. The predicted molar refractivity (Wildman–Crippen MR) is 98.9 cm³/mol. The summed E-state index contributed by atoms with van der Waals surface area (Å²) in [5.41, 5.74) is 3.10. The van der Waals surface area contributed by atoms with Crippen molar-refractivity contribution in [2.45, 2.75) is 12.3 Å². The summed E-state index contributed by atoms with van der Waals surface area (Å²) in [6.07, 6.45) is 4.48. The maximum atomic E-state index is 12.7. The van der Waals surface area contributed by atoms with E-state index in [2.05, 4.69) is 33.1 Å². The lowest BCUT2D eigenvalue weighted by molar-refractivity contribution is -0.135. The molecule has 0 N–H and O–H groups in total. The van der Waals surface area contributed by atoms with E-state index < -0.39 is 0 Å². The summed E-state index contributed by atoms with van der Waals surface area (Å²) in [7, 11) is 2.02. The first-order chi connectivity index (χ1) is 12.7. The molecular formula is C20H19N5O. The number of nitrogens with zero attached hydrogens (tertiary/aromatic N) is 5. The van der Waals surface area contributed by atoms with Gasteiger partial charge in [-0.1, -0.05) is 24.3 Å². The average molecular weight is 345 g/mol. The lowest BCUT2D eigenvalue weighted by Gasteiger charge is -2.38. The second-order valence-corrected chi connectivity index (χ2v) is 6.94. The number of fused-ring (bicyclic) bond motifs is 2. The minimum atomic E-state index is 0.173. The number of aromatic nitrogens is 4. The number of hydrogen-bond acceptors (Lipinski definition) is 3. The number of hydrogen-bond donors (Lipinski definition) is 0. The molecule has 0 spiro atoms. The molecule has 0 atom stereocenters. The average Bonchev–Trinajstić information content (AvgIpc) is 3.17. The standard InChI is InChI=1S/C20H19N5O/c1-23-11-14(16-6-2-3-7-17(16)23)10-19(26)24-12-15(13-24)20-22-21-18-8-4-5-9-25(18)20/h2-9,11,15H,10,12-13H2,1H3. The molecule has 0 unspecified atom stereocenters. The van der Waals surface area contributed by atoms with Crippen molar-refractivity contribution in [2.24, 2.45) is 7.05 Å². The van der Waals surface area contributed by atoms with Gasteiger partial charge in [-0.05, 0) is 23.8 Å². The highest BCUT2D eigenvalue weighted by Gasteiger charge is 2.34. The molecule has 5 rings (SSSR count). The highest BCUT2D eigenvalue weighted by Crippen LogP contribution is 2.28. The number of likely N-dealkylation sites (tertiary alicyclic amines) is 1. The Kier molecular flexibility index (Phi) is 3.31. The van der Waals surface area contributed by atoms with E-state index in [1.165, 1.54) is 0 Å². The normalized spacial score (nSPS) is 14.9. The number of amides is 1. The van der Waals surface area contributed by atoms with Crippen LogP contribution in [0.1, 0.15) is 17.3 Å². The Morgan fingerprint density at radius 3 is 2.81 bits per heavy atom. The van der Waals surface area contributed by atoms with Crippen LogP contribution in [0.3, 0.4) is 0 Å². The minimum Gasteiger partial charge on any atom is -0.350 e. The Labute approximate surface area is 150 Å². The molecule has 3 aromatic heterocycles. The zero-order chi connectivity index (χ0) is 17.7. The summed E-state index contributed by atoms with van der Waals surface area (Å²) in [5, 5.41) is 9.67. The van der Waals surface area contributed by atoms with Crippen molar-refractivity contribution in [2.75, 3.05) is 13.1 Å². The van der Waals surface area contributed by atoms with Crippen molar-refractivity contribution in [3.8, 4) is 0 Å². The van der Waals surface area contributed by atoms with Gasteiger partial charge in [0.05, 0.1) is 12.3 Å². The number of aryl methyl sites for hydroxylation is 1. The third-order valence-corrected chi connectivity index (χ3v) is 5.26. The van der Waals surface area contributed by atoms with Gasteiger partial charge in [-0.2, -0.15) is 0 Å². The van der Waals surface area contributed by atoms with Crippen LogP contribution >= 0.6 is 0 Å². The Hall–Kier alpha value is -3.15. The maximum Gasteiger partial charge on any atom is 0.227 e. The number of carbonyl (C=O) groups excluding carboxylic acids is 1. The van der Waals surface area contributed by atoms with Crippen molar-refractivity contribution in [1.82, 2.24) is 24.1 Å². The van der Waals surface area contributed by atoms with Crippen LogP contribution in [0.5, 0.6) is 0 Å². The summed E-state index contributed by atoms with van der Waals surface area (Å²) in [4.78, 5) is 14.6. The van der Waals surface area contributed by atoms with E-state index in [0.717, 1.165) is 27.9 Å². The molecule has 6 nitrogen and oxygen atoms in total. The first-order valence-corrected chi connectivity index (χ1v) is 8.81. The smallest absolute Gasteiger partial charge is 0.227 e. The summed E-state index contributed by atoms with van der Waals surface area (Å²) < 4.78 is 4.09. The molecule has 0 aliphatic carbocycles. The van der Waals surface area contributed by atoms with E-state index in [-0.39, 0.29) is 11.8 Å². The zero-order valence-corrected chi connectivity index (χ0v) is 14.5. The van der Waals surface area contributed by atoms with Crippen molar-refractivity contribution in [3.63, 3.8) is 0 Å². The van der Waals surface area contributed by atoms with Crippen LogP contribution in [-0.4, -0.2) is 43.1 Å². The summed E-state index contributed by atoms with van der Waals surface area (Å²) in [6, 6.07) is 14.1. The van der Waals surface area contributed by atoms with E-state index in [1.54, 1.807) is 0 Å². The largest absolute Gasteiger partial charge is 0.350 e. The molecule has 1 aliphatic rings. The van der Waals surface area contributed by atoms with Gasteiger partial charge in [-0.3, -0.25) is 9.20 Å². The zero-order valence-electron chi connectivity index (χ0n) is 14.5. The van der Waals surface area contributed by atoms with E-state index in [1.807, 2.05) is 52.9 Å². The molecule has 1 amide bonds. The monoisotopic (exact) mass is 345 g/mol. The molecule has 26 heavy (non-hydrogen) atoms. The van der Waals surface area contributed by atoms with E-state index >= 15 is 0 Å². The number of pyridine rings is 1. The molecule has 4 heterocycles. The van der Waals surface area contributed by atoms with Gasteiger partial charge in [-0.15, -0.1) is 10.2 Å². The Morgan fingerprint density at radius 2 is 1.92 bits per heavy atom. The second kappa shape index (κ2) is 5.69. The maximum absolute atomic E-state index is 12.7. The minimum absolute atomic E-state index is 0.173. The molecule has 130 valence electrons. The number of benzene rings is 1. The SMILES string of the molecule is Cn1cc(CC(=O)N2CC(c3nnc4ccccn34)C2)c2ccccc21.